The van der Waals surface area contributed by atoms with Crippen LogP contribution in [0.25, 0.3) is 0 Å². The summed E-state index contributed by atoms with van der Waals surface area (Å²) in [5.41, 5.74) is 1.41. The fraction of sp³-hybridized carbons (Fsp3) is 0.455. The number of allylic oxidation sites excluding steroid dienone is 3. The fourth-order valence-electron chi connectivity index (χ4n) is 0.782. The topological polar surface area (TPSA) is 0 Å². The summed E-state index contributed by atoms with van der Waals surface area (Å²) in [5, 5.41) is 0. The highest BCUT2D eigenvalue weighted by atomic mass is 35.5. The third kappa shape index (κ3) is 9.33. The summed E-state index contributed by atoms with van der Waals surface area (Å²) in [6.45, 7) is 2.20. The zero-order valence-corrected chi connectivity index (χ0v) is 8.27. The maximum atomic E-state index is 5.28. The van der Waals surface area contributed by atoms with Crippen LogP contribution in [0.3, 0.4) is 0 Å². The molecule has 0 aromatic rings. The predicted molar refractivity (Wildman–Crippen MR) is 56.1 cm³/mol. The van der Waals surface area contributed by atoms with E-state index in [1.54, 1.807) is 6.08 Å². The Balaban J connectivity index is 3.32. The molecule has 0 aromatic carbocycles. The van der Waals surface area contributed by atoms with Gasteiger partial charge in [-0.3, -0.25) is 0 Å². The predicted octanol–water partition coefficient (Wildman–Crippen LogP) is 3.88. The first-order valence-corrected chi connectivity index (χ1v) is 4.76. The van der Waals surface area contributed by atoms with Crippen LogP contribution in [0.15, 0.2) is 23.8 Å². The third-order valence-corrected chi connectivity index (χ3v) is 1.53. The van der Waals surface area contributed by atoms with Crippen LogP contribution >= 0.6 is 11.6 Å². The van der Waals surface area contributed by atoms with Crippen LogP contribution in [0.4, 0.5) is 0 Å². The number of rotatable bonds is 4. The Morgan fingerprint density at radius 1 is 1.17 bits per heavy atom. The van der Waals surface area contributed by atoms with Crippen molar-refractivity contribution in [2.45, 2.75) is 32.6 Å². The van der Waals surface area contributed by atoms with Crippen molar-refractivity contribution in [1.82, 2.24) is 0 Å². The maximum Gasteiger partial charge on any atom is 0.0126 e. The first-order valence-electron chi connectivity index (χ1n) is 4.33. The van der Waals surface area contributed by atoms with Gasteiger partial charge < -0.3 is 0 Å². The van der Waals surface area contributed by atoms with Gasteiger partial charge in [-0.15, -0.1) is 0 Å². The fourth-order valence-corrected chi connectivity index (χ4v) is 0.845. The summed E-state index contributed by atoms with van der Waals surface area (Å²) in [5.74, 6) is 5.64. The molecule has 0 heterocycles. The summed E-state index contributed by atoms with van der Waals surface area (Å²) < 4.78 is 0. The van der Waals surface area contributed by atoms with E-state index < -0.39 is 0 Å². The van der Waals surface area contributed by atoms with Crippen LogP contribution in [0.2, 0.25) is 0 Å². The molecule has 0 fully saturated rings. The average molecular weight is 183 g/mol. The van der Waals surface area contributed by atoms with Crippen LogP contribution in [-0.2, 0) is 0 Å². The molecule has 0 bridgehead atoms. The summed E-state index contributed by atoms with van der Waals surface area (Å²) in [6, 6.07) is 0. The smallest absolute Gasteiger partial charge is 0.0126 e. The van der Waals surface area contributed by atoms with Gasteiger partial charge in [0.05, 0.1) is 0 Å². The molecule has 0 aromatic heterocycles. The lowest BCUT2D eigenvalue weighted by Gasteiger charge is -1.88. The Bertz CT molecular complexity index is 191. The van der Waals surface area contributed by atoms with Crippen molar-refractivity contribution in [1.29, 1.82) is 0 Å². The van der Waals surface area contributed by atoms with Crippen LogP contribution in [-0.4, -0.2) is 0 Å². The van der Waals surface area contributed by atoms with E-state index in [1.807, 2.05) is 6.08 Å². The molecule has 0 aliphatic rings. The van der Waals surface area contributed by atoms with E-state index in [0.29, 0.717) is 0 Å². The SMILES string of the molecule is CCCCC/C=C/C#C/C=C/Cl. The summed E-state index contributed by atoms with van der Waals surface area (Å²) in [4.78, 5) is 0. The zero-order valence-electron chi connectivity index (χ0n) is 7.52. The Morgan fingerprint density at radius 3 is 2.58 bits per heavy atom. The van der Waals surface area contributed by atoms with Crippen molar-refractivity contribution in [3.63, 3.8) is 0 Å². The largest absolute Gasteiger partial charge is 0.0923 e. The molecule has 0 N–H and O–H groups in total. The summed E-state index contributed by atoms with van der Waals surface area (Å²) in [7, 11) is 0. The second-order valence-corrected chi connectivity index (χ2v) is 2.73. The lowest BCUT2D eigenvalue weighted by atomic mass is 10.2. The molecule has 0 unspecified atom stereocenters. The van der Waals surface area contributed by atoms with E-state index in [4.69, 9.17) is 11.6 Å². The quantitative estimate of drug-likeness (QED) is 0.457. The first-order chi connectivity index (χ1) is 5.91. The molecule has 0 radical (unpaired) electrons. The maximum absolute atomic E-state index is 5.28. The van der Waals surface area contributed by atoms with Gasteiger partial charge in [0.2, 0.25) is 0 Å². The number of halogens is 1. The van der Waals surface area contributed by atoms with Crippen molar-refractivity contribution in [3.8, 4) is 11.8 Å². The van der Waals surface area contributed by atoms with E-state index in [0.717, 1.165) is 6.42 Å². The lowest BCUT2D eigenvalue weighted by molar-refractivity contribution is 0.729. The summed E-state index contributed by atoms with van der Waals surface area (Å²) in [6.07, 6.45) is 10.6. The van der Waals surface area contributed by atoms with Crippen molar-refractivity contribution in [2.75, 3.05) is 0 Å². The normalized spacial score (nSPS) is 10.5. The van der Waals surface area contributed by atoms with Gasteiger partial charge in [0.1, 0.15) is 0 Å². The molecule has 0 aliphatic carbocycles. The second kappa shape index (κ2) is 10.3. The lowest BCUT2D eigenvalue weighted by Crippen LogP contribution is -1.69. The Labute approximate surface area is 80.3 Å². The van der Waals surface area contributed by atoms with Gasteiger partial charge in [0.25, 0.3) is 0 Å². The van der Waals surface area contributed by atoms with Gasteiger partial charge in [-0.2, -0.15) is 0 Å². The number of hydrogen-bond acceptors (Lipinski definition) is 0. The molecule has 66 valence electrons. The van der Waals surface area contributed by atoms with Crippen molar-refractivity contribution in [2.24, 2.45) is 0 Å². The van der Waals surface area contributed by atoms with Gasteiger partial charge in [-0.25, -0.2) is 0 Å². The van der Waals surface area contributed by atoms with Crippen LogP contribution in [0.5, 0.6) is 0 Å². The molecule has 0 saturated carbocycles. The van der Waals surface area contributed by atoms with Gasteiger partial charge in [0, 0.05) is 5.54 Å². The van der Waals surface area contributed by atoms with E-state index in [2.05, 4.69) is 24.8 Å². The molecular formula is C11H15Cl. The molecular weight excluding hydrogens is 168 g/mol. The molecule has 0 amide bonds. The standard InChI is InChI=1S/C11H15Cl/c1-2-3-4-5-6-7-8-9-10-11-12/h6-7,10-11H,2-5H2,1H3/b7-6+,11-10+. The third-order valence-electron chi connectivity index (χ3n) is 1.41. The van der Waals surface area contributed by atoms with Crippen LogP contribution in [0.1, 0.15) is 32.6 Å². The molecule has 0 aliphatic heterocycles. The van der Waals surface area contributed by atoms with Gasteiger partial charge in [-0.05, 0) is 25.0 Å². The minimum atomic E-state index is 1.13. The van der Waals surface area contributed by atoms with Crippen molar-refractivity contribution < 1.29 is 0 Å². The Hall–Kier alpha value is -0.670. The molecule has 0 nitrogen and oxygen atoms in total. The zero-order chi connectivity index (χ0) is 9.07. The highest BCUT2D eigenvalue weighted by Gasteiger charge is 1.79. The summed E-state index contributed by atoms with van der Waals surface area (Å²) >= 11 is 5.28. The van der Waals surface area contributed by atoms with E-state index >= 15 is 0 Å². The highest BCUT2D eigenvalue weighted by Crippen LogP contribution is 1.98. The van der Waals surface area contributed by atoms with E-state index in [1.165, 1.54) is 24.8 Å². The second-order valence-electron chi connectivity index (χ2n) is 2.48. The van der Waals surface area contributed by atoms with Crippen molar-refractivity contribution >= 4 is 11.6 Å². The molecule has 0 atom stereocenters. The Morgan fingerprint density at radius 2 is 1.92 bits per heavy atom. The van der Waals surface area contributed by atoms with Gasteiger partial charge in [0.15, 0.2) is 0 Å². The minimum absolute atomic E-state index is 1.13. The van der Waals surface area contributed by atoms with Crippen LogP contribution in [0, 0.1) is 11.8 Å². The average Bonchev–Trinajstić information content (AvgIpc) is 2.10. The van der Waals surface area contributed by atoms with E-state index in [-0.39, 0.29) is 0 Å². The molecule has 0 rings (SSSR count). The van der Waals surface area contributed by atoms with Gasteiger partial charge >= 0.3 is 0 Å². The molecule has 12 heavy (non-hydrogen) atoms. The van der Waals surface area contributed by atoms with E-state index in [9.17, 15) is 0 Å². The first kappa shape index (κ1) is 11.3. The van der Waals surface area contributed by atoms with Gasteiger partial charge in [-0.1, -0.05) is 49.3 Å². The Kier molecular flexibility index (Phi) is 9.75. The van der Waals surface area contributed by atoms with Crippen molar-refractivity contribution in [3.05, 3.63) is 23.8 Å². The molecule has 0 spiro atoms. The molecule has 0 saturated heterocycles. The minimum Gasteiger partial charge on any atom is -0.0923 e. The number of hydrogen-bond donors (Lipinski definition) is 0. The van der Waals surface area contributed by atoms with Crippen LogP contribution < -0.4 is 0 Å². The monoisotopic (exact) mass is 182 g/mol. The number of unbranched alkanes of at least 4 members (excludes halogenated alkanes) is 3. The highest BCUT2D eigenvalue weighted by molar-refractivity contribution is 6.25. The molecule has 1 heteroatoms.